The molecular formula is C20H26N2O2S. The Bertz CT molecular complexity index is 774. The summed E-state index contributed by atoms with van der Waals surface area (Å²) >= 11 is 1.47. The Kier molecular flexibility index (Phi) is 4.87. The molecule has 0 aliphatic heterocycles. The van der Waals surface area contributed by atoms with E-state index in [-0.39, 0.29) is 24.0 Å². The standard InChI is InChI=1S/C20H26N2O2S/c1-13(2)22(16-11-20(4,5)10-14(16)3)18(23)12-24-19-21-15-8-6-7-9-17(15)25-19/h6-9,11,13-14H,10,12H2,1-5H3. The first kappa shape index (κ1) is 17.9. The molecule has 1 amide bonds. The fourth-order valence-electron chi connectivity index (χ4n) is 3.64. The van der Waals surface area contributed by atoms with Gasteiger partial charge in [-0.15, -0.1) is 0 Å². The molecule has 0 saturated carbocycles. The van der Waals surface area contributed by atoms with Gasteiger partial charge in [0, 0.05) is 11.7 Å². The molecule has 0 N–H and O–H groups in total. The van der Waals surface area contributed by atoms with Crippen LogP contribution in [-0.2, 0) is 4.79 Å². The van der Waals surface area contributed by atoms with Crippen molar-refractivity contribution in [2.24, 2.45) is 11.3 Å². The van der Waals surface area contributed by atoms with Gasteiger partial charge in [0.15, 0.2) is 6.61 Å². The number of aromatic nitrogens is 1. The number of thiazole rings is 1. The topological polar surface area (TPSA) is 42.4 Å². The van der Waals surface area contributed by atoms with Gasteiger partial charge < -0.3 is 9.64 Å². The van der Waals surface area contributed by atoms with E-state index >= 15 is 0 Å². The van der Waals surface area contributed by atoms with E-state index in [0.29, 0.717) is 11.1 Å². The van der Waals surface area contributed by atoms with Crippen LogP contribution in [0.3, 0.4) is 0 Å². The van der Waals surface area contributed by atoms with Crippen molar-refractivity contribution in [2.75, 3.05) is 6.61 Å². The largest absolute Gasteiger partial charge is 0.460 e. The number of carbonyl (C=O) groups excluding carboxylic acids is 1. The van der Waals surface area contributed by atoms with Gasteiger partial charge in [0.05, 0.1) is 10.2 Å². The summed E-state index contributed by atoms with van der Waals surface area (Å²) in [6.45, 7) is 10.7. The zero-order valence-corrected chi connectivity index (χ0v) is 16.4. The number of rotatable bonds is 5. The highest BCUT2D eigenvalue weighted by molar-refractivity contribution is 7.20. The third kappa shape index (κ3) is 3.87. The summed E-state index contributed by atoms with van der Waals surface area (Å²) in [4.78, 5) is 19.2. The molecule has 0 saturated heterocycles. The molecule has 25 heavy (non-hydrogen) atoms. The molecule has 134 valence electrons. The Hall–Kier alpha value is -1.88. The zero-order valence-electron chi connectivity index (χ0n) is 15.6. The molecule has 1 atom stereocenters. The van der Waals surface area contributed by atoms with Crippen LogP contribution in [-0.4, -0.2) is 28.4 Å². The quantitative estimate of drug-likeness (QED) is 0.766. The summed E-state index contributed by atoms with van der Waals surface area (Å²) in [5.41, 5.74) is 2.17. The van der Waals surface area contributed by atoms with E-state index in [4.69, 9.17) is 4.74 Å². The van der Waals surface area contributed by atoms with Crippen molar-refractivity contribution >= 4 is 27.5 Å². The lowest BCUT2D eigenvalue weighted by Crippen LogP contribution is -2.40. The Morgan fingerprint density at radius 1 is 1.40 bits per heavy atom. The number of hydrogen-bond acceptors (Lipinski definition) is 4. The maximum atomic E-state index is 12.9. The number of benzene rings is 1. The second-order valence-corrected chi connectivity index (χ2v) is 8.75. The van der Waals surface area contributed by atoms with Crippen LogP contribution in [0.25, 0.3) is 10.2 Å². The van der Waals surface area contributed by atoms with Gasteiger partial charge in [-0.2, -0.15) is 0 Å². The second kappa shape index (κ2) is 6.79. The highest BCUT2D eigenvalue weighted by Crippen LogP contribution is 2.41. The predicted molar refractivity (Wildman–Crippen MR) is 103 cm³/mol. The molecular weight excluding hydrogens is 332 g/mol. The molecule has 4 nitrogen and oxygen atoms in total. The van der Waals surface area contributed by atoms with E-state index in [1.54, 1.807) is 0 Å². The molecule has 5 heteroatoms. The summed E-state index contributed by atoms with van der Waals surface area (Å²) in [7, 11) is 0. The molecule has 1 aliphatic carbocycles. The van der Waals surface area contributed by atoms with Crippen LogP contribution in [0.5, 0.6) is 5.19 Å². The van der Waals surface area contributed by atoms with Gasteiger partial charge in [-0.25, -0.2) is 4.98 Å². The van der Waals surface area contributed by atoms with E-state index in [9.17, 15) is 4.79 Å². The van der Waals surface area contributed by atoms with E-state index in [1.165, 1.54) is 11.3 Å². The number of fused-ring (bicyclic) bond motifs is 1. The van der Waals surface area contributed by atoms with Gasteiger partial charge in [0.25, 0.3) is 11.1 Å². The summed E-state index contributed by atoms with van der Waals surface area (Å²) in [5, 5.41) is 0.548. The molecule has 3 rings (SSSR count). The van der Waals surface area contributed by atoms with Crippen molar-refractivity contribution in [2.45, 2.75) is 47.1 Å². The zero-order chi connectivity index (χ0) is 18.2. The minimum Gasteiger partial charge on any atom is -0.460 e. The van der Waals surface area contributed by atoms with E-state index < -0.39 is 0 Å². The van der Waals surface area contributed by atoms with Gasteiger partial charge in [0.2, 0.25) is 0 Å². The molecule has 1 aromatic carbocycles. The molecule has 1 unspecified atom stereocenters. The minimum atomic E-state index is -0.00921. The maximum absolute atomic E-state index is 12.9. The Balaban J connectivity index is 1.73. The Labute approximate surface area is 153 Å². The highest BCUT2D eigenvalue weighted by Gasteiger charge is 2.35. The first-order valence-electron chi connectivity index (χ1n) is 8.80. The second-order valence-electron chi connectivity index (χ2n) is 7.76. The molecule has 1 aromatic heterocycles. The average Bonchev–Trinajstić information content (AvgIpc) is 3.05. The van der Waals surface area contributed by atoms with E-state index in [0.717, 1.165) is 22.3 Å². The van der Waals surface area contributed by atoms with Crippen molar-refractivity contribution in [3.8, 4) is 5.19 Å². The molecule has 2 aromatic rings. The normalized spacial score (nSPS) is 19.3. The molecule has 1 aliphatic rings. The highest BCUT2D eigenvalue weighted by atomic mass is 32.1. The van der Waals surface area contributed by atoms with Gasteiger partial charge in [-0.1, -0.05) is 50.3 Å². The molecule has 1 heterocycles. The van der Waals surface area contributed by atoms with E-state index in [1.807, 2.05) is 29.2 Å². The number of ether oxygens (including phenoxy) is 1. The van der Waals surface area contributed by atoms with Crippen molar-refractivity contribution in [3.05, 3.63) is 36.0 Å². The van der Waals surface area contributed by atoms with Crippen LogP contribution in [0.2, 0.25) is 0 Å². The van der Waals surface area contributed by atoms with Gasteiger partial charge >= 0.3 is 0 Å². The number of carbonyl (C=O) groups is 1. The third-order valence-electron chi connectivity index (χ3n) is 4.53. The lowest BCUT2D eigenvalue weighted by molar-refractivity contribution is -0.133. The number of allylic oxidation sites excluding steroid dienone is 2. The average molecular weight is 359 g/mol. The van der Waals surface area contributed by atoms with Crippen molar-refractivity contribution in [1.82, 2.24) is 9.88 Å². The summed E-state index contributed by atoms with van der Waals surface area (Å²) in [6.07, 6.45) is 3.31. The molecule has 0 fully saturated rings. The fourth-order valence-corrected chi connectivity index (χ4v) is 4.45. The van der Waals surface area contributed by atoms with Gasteiger partial charge in [-0.05, 0) is 43.7 Å². The van der Waals surface area contributed by atoms with Crippen LogP contribution in [0.15, 0.2) is 36.0 Å². The lowest BCUT2D eigenvalue weighted by Gasteiger charge is -2.30. The van der Waals surface area contributed by atoms with E-state index in [2.05, 4.69) is 45.7 Å². The van der Waals surface area contributed by atoms with Gasteiger partial charge in [0.1, 0.15) is 0 Å². The van der Waals surface area contributed by atoms with Crippen molar-refractivity contribution in [1.29, 1.82) is 0 Å². The molecule has 0 spiro atoms. The predicted octanol–water partition coefficient (Wildman–Crippen LogP) is 4.86. The Morgan fingerprint density at radius 3 is 2.72 bits per heavy atom. The van der Waals surface area contributed by atoms with Crippen molar-refractivity contribution in [3.63, 3.8) is 0 Å². The maximum Gasteiger partial charge on any atom is 0.274 e. The third-order valence-corrected chi connectivity index (χ3v) is 5.48. The molecule has 0 radical (unpaired) electrons. The fraction of sp³-hybridized carbons (Fsp3) is 0.500. The van der Waals surface area contributed by atoms with Crippen LogP contribution in [0, 0.1) is 11.3 Å². The molecule has 0 bridgehead atoms. The SMILES string of the molecule is CC1CC(C)(C)C=C1N(C(=O)COc1nc2ccccc2s1)C(C)C. The summed E-state index contributed by atoms with van der Waals surface area (Å²) in [6, 6.07) is 8.00. The van der Waals surface area contributed by atoms with Crippen LogP contribution >= 0.6 is 11.3 Å². The number of amides is 1. The van der Waals surface area contributed by atoms with Crippen LogP contribution in [0.4, 0.5) is 0 Å². The lowest BCUT2D eigenvalue weighted by atomic mass is 9.91. The minimum absolute atomic E-state index is 0.00921. The number of nitrogens with zero attached hydrogens (tertiary/aromatic N) is 2. The number of para-hydroxylation sites is 1. The van der Waals surface area contributed by atoms with Gasteiger partial charge in [-0.3, -0.25) is 4.79 Å². The monoisotopic (exact) mass is 358 g/mol. The number of hydrogen-bond donors (Lipinski definition) is 0. The van der Waals surface area contributed by atoms with Crippen molar-refractivity contribution < 1.29 is 9.53 Å². The Morgan fingerprint density at radius 2 is 2.12 bits per heavy atom. The summed E-state index contributed by atoms with van der Waals surface area (Å²) in [5.74, 6) is 0.369. The van der Waals surface area contributed by atoms with Crippen LogP contribution in [0.1, 0.15) is 41.0 Å². The first-order chi connectivity index (χ1) is 11.8. The summed E-state index contributed by atoms with van der Waals surface area (Å²) < 4.78 is 6.79. The first-order valence-corrected chi connectivity index (χ1v) is 9.62. The van der Waals surface area contributed by atoms with Crippen LogP contribution < -0.4 is 4.74 Å². The smallest absolute Gasteiger partial charge is 0.274 e.